The molecular formula is C23H35F3O2. The third-order valence-corrected chi connectivity index (χ3v) is 9.62. The molecule has 0 saturated heterocycles. The average Bonchev–Trinajstić information content (AvgIpc) is 2.97. The van der Waals surface area contributed by atoms with Crippen molar-refractivity contribution >= 4 is 0 Å². The van der Waals surface area contributed by atoms with Gasteiger partial charge in [0.1, 0.15) is 0 Å². The van der Waals surface area contributed by atoms with Crippen LogP contribution in [-0.2, 0) is 0 Å². The zero-order chi connectivity index (χ0) is 20.5. The van der Waals surface area contributed by atoms with E-state index in [4.69, 9.17) is 0 Å². The Labute approximate surface area is 166 Å². The van der Waals surface area contributed by atoms with Crippen LogP contribution < -0.4 is 0 Å². The fourth-order valence-electron chi connectivity index (χ4n) is 8.06. The summed E-state index contributed by atoms with van der Waals surface area (Å²) in [6, 6.07) is 0. The number of aliphatic hydroxyl groups excluding tert-OH is 2. The van der Waals surface area contributed by atoms with Crippen LogP contribution in [0.5, 0.6) is 0 Å². The molecule has 0 radical (unpaired) electrons. The van der Waals surface area contributed by atoms with Crippen LogP contribution >= 0.6 is 0 Å². The minimum absolute atomic E-state index is 0.0681. The highest BCUT2D eigenvalue weighted by Crippen LogP contribution is 2.67. The molecule has 0 aromatic heterocycles. The summed E-state index contributed by atoms with van der Waals surface area (Å²) in [5.74, 6) is 0.742. The standard InChI is InChI=1S/C23H35F3O2/c1-13(20(28)23(24,25)26)17-6-7-18-16-5-4-14-12-15(27)8-10-21(14,2)19(16)9-11-22(17,18)3/h4,13,15-20,27-28H,5-12H2,1-3H3/t13-,15?,16?,17?,18?,19?,20?,21?,22?/m0/s1. The first kappa shape index (κ1) is 20.7. The number of hydrogen-bond donors (Lipinski definition) is 2. The van der Waals surface area contributed by atoms with Crippen molar-refractivity contribution in [2.45, 2.75) is 90.5 Å². The Kier molecular flexibility index (Phi) is 4.98. The van der Waals surface area contributed by atoms with E-state index in [0.717, 1.165) is 51.4 Å². The zero-order valence-electron chi connectivity index (χ0n) is 17.3. The second kappa shape index (κ2) is 6.73. The highest BCUT2D eigenvalue weighted by atomic mass is 19.4. The number of allylic oxidation sites excluding steroid dienone is 1. The third kappa shape index (κ3) is 2.98. The first-order valence-corrected chi connectivity index (χ1v) is 11.1. The van der Waals surface area contributed by atoms with E-state index in [1.807, 2.05) is 0 Å². The van der Waals surface area contributed by atoms with Gasteiger partial charge in [0.05, 0.1) is 6.10 Å². The summed E-state index contributed by atoms with van der Waals surface area (Å²) in [6.07, 6.45) is 2.87. The minimum Gasteiger partial charge on any atom is -0.393 e. The van der Waals surface area contributed by atoms with Gasteiger partial charge < -0.3 is 10.2 Å². The largest absolute Gasteiger partial charge is 0.414 e. The molecule has 9 atom stereocenters. The topological polar surface area (TPSA) is 40.5 Å². The van der Waals surface area contributed by atoms with Gasteiger partial charge in [-0.1, -0.05) is 32.4 Å². The van der Waals surface area contributed by atoms with Gasteiger partial charge in [0.2, 0.25) is 0 Å². The van der Waals surface area contributed by atoms with Gasteiger partial charge in [0, 0.05) is 0 Å². The molecule has 3 saturated carbocycles. The van der Waals surface area contributed by atoms with Crippen molar-refractivity contribution in [3.8, 4) is 0 Å². The number of aliphatic hydroxyl groups is 2. The Bertz CT molecular complexity index is 644. The van der Waals surface area contributed by atoms with E-state index in [0.29, 0.717) is 17.8 Å². The molecule has 28 heavy (non-hydrogen) atoms. The summed E-state index contributed by atoms with van der Waals surface area (Å²) >= 11 is 0. The van der Waals surface area contributed by atoms with Crippen LogP contribution in [0, 0.1) is 40.4 Å². The molecule has 0 aromatic carbocycles. The van der Waals surface area contributed by atoms with E-state index in [1.165, 1.54) is 5.57 Å². The molecule has 4 aliphatic rings. The lowest BCUT2D eigenvalue weighted by atomic mass is 9.47. The Morgan fingerprint density at radius 1 is 1.07 bits per heavy atom. The molecule has 160 valence electrons. The Morgan fingerprint density at radius 3 is 2.46 bits per heavy atom. The van der Waals surface area contributed by atoms with E-state index in [-0.39, 0.29) is 22.9 Å². The number of fused-ring (bicyclic) bond motifs is 5. The second-order valence-electron chi connectivity index (χ2n) is 10.7. The normalized spacial score (nSPS) is 48.1. The molecule has 0 bridgehead atoms. The lowest BCUT2D eigenvalue weighted by Crippen LogP contribution is -2.52. The fourth-order valence-corrected chi connectivity index (χ4v) is 8.06. The lowest BCUT2D eigenvalue weighted by Gasteiger charge is -2.58. The number of rotatable bonds is 2. The molecule has 4 aliphatic carbocycles. The molecule has 0 aromatic rings. The quantitative estimate of drug-likeness (QED) is 0.602. The van der Waals surface area contributed by atoms with Crippen molar-refractivity contribution < 1.29 is 23.4 Å². The molecule has 0 spiro atoms. The molecule has 8 unspecified atom stereocenters. The van der Waals surface area contributed by atoms with Crippen molar-refractivity contribution in [1.82, 2.24) is 0 Å². The Balaban J connectivity index is 1.59. The van der Waals surface area contributed by atoms with E-state index in [1.54, 1.807) is 6.92 Å². The summed E-state index contributed by atoms with van der Waals surface area (Å²) in [5, 5.41) is 20.0. The van der Waals surface area contributed by atoms with E-state index in [2.05, 4.69) is 19.9 Å². The van der Waals surface area contributed by atoms with Crippen LogP contribution in [0.2, 0.25) is 0 Å². The van der Waals surface area contributed by atoms with Crippen LogP contribution in [0.3, 0.4) is 0 Å². The monoisotopic (exact) mass is 400 g/mol. The predicted molar refractivity (Wildman–Crippen MR) is 102 cm³/mol. The van der Waals surface area contributed by atoms with Crippen LogP contribution in [0.25, 0.3) is 0 Å². The summed E-state index contributed by atoms with van der Waals surface area (Å²) < 4.78 is 39.5. The minimum atomic E-state index is -4.54. The van der Waals surface area contributed by atoms with Gasteiger partial charge in [-0.3, -0.25) is 0 Å². The molecule has 0 aliphatic heterocycles. The number of hydrogen-bond acceptors (Lipinski definition) is 2. The van der Waals surface area contributed by atoms with Gasteiger partial charge in [-0.05, 0) is 91.8 Å². The molecule has 0 heterocycles. The van der Waals surface area contributed by atoms with Crippen LogP contribution in [0.15, 0.2) is 11.6 Å². The SMILES string of the molecule is C[C@H](C(O)C(F)(F)F)C1CCC2C3CC=C4CC(O)CCC4(C)C3CCC21C. The van der Waals surface area contributed by atoms with Gasteiger partial charge in [0.15, 0.2) is 6.10 Å². The fraction of sp³-hybridized carbons (Fsp3) is 0.913. The number of alkyl halides is 3. The van der Waals surface area contributed by atoms with Crippen molar-refractivity contribution in [2.75, 3.05) is 0 Å². The van der Waals surface area contributed by atoms with Crippen LogP contribution in [0.4, 0.5) is 13.2 Å². The average molecular weight is 401 g/mol. The first-order valence-electron chi connectivity index (χ1n) is 11.1. The first-order chi connectivity index (χ1) is 13.0. The summed E-state index contributed by atoms with van der Waals surface area (Å²) in [6.45, 7) is 6.18. The highest BCUT2D eigenvalue weighted by Gasteiger charge is 2.60. The zero-order valence-corrected chi connectivity index (χ0v) is 17.3. The third-order valence-electron chi connectivity index (χ3n) is 9.62. The smallest absolute Gasteiger partial charge is 0.393 e. The summed E-state index contributed by atoms with van der Waals surface area (Å²) in [5.41, 5.74) is 1.47. The highest BCUT2D eigenvalue weighted by molar-refractivity contribution is 5.25. The van der Waals surface area contributed by atoms with Crippen LogP contribution in [0.1, 0.15) is 72.1 Å². The van der Waals surface area contributed by atoms with Crippen LogP contribution in [-0.4, -0.2) is 28.6 Å². The lowest BCUT2D eigenvalue weighted by molar-refractivity contribution is -0.227. The molecule has 4 rings (SSSR count). The predicted octanol–water partition coefficient (Wildman–Crippen LogP) is 5.49. The maximum absolute atomic E-state index is 13.2. The molecule has 5 heteroatoms. The van der Waals surface area contributed by atoms with Crippen molar-refractivity contribution in [3.05, 3.63) is 11.6 Å². The van der Waals surface area contributed by atoms with E-state index in [9.17, 15) is 23.4 Å². The van der Waals surface area contributed by atoms with Gasteiger partial charge in [-0.2, -0.15) is 13.2 Å². The van der Waals surface area contributed by atoms with E-state index < -0.39 is 18.2 Å². The molecule has 2 N–H and O–H groups in total. The molecule has 2 nitrogen and oxygen atoms in total. The number of halogens is 3. The van der Waals surface area contributed by atoms with Crippen molar-refractivity contribution in [1.29, 1.82) is 0 Å². The Morgan fingerprint density at radius 2 is 1.79 bits per heavy atom. The molecule has 0 amide bonds. The molecular weight excluding hydrogens is 365 g/mol. The van der Waals surface area contributed by atoms with Crippen molar-refractivity contribution in [3.63, 3.8) is 0 Å². The Hall–Kier alpha value is -0.550. The molecule has 3 fully saturated rings. The second-order valence-corrected chi connectivity index (χ2v) is 10.7. The van der Waals surface area contributed by atoms with Gasteiger partial charge in [-0.15, -0.1) is 0 Å². The van der Waals surface area contributed by atoms with Crippen molar-refractivity contribution in [2.24, 2.45) is 40.4 Å². The maximum Gasteiger partial charge on any atom is 0.414 e. The van der Waals surface area contributed by atoms with Gasteiger partial charge >= 0.3 is 6.18 Å². The van der Waals surface area contributed by atoms with Gasteiger partial charge in [0.25, 0.3) is 0 Å². The summed E-state index contributed by atoms with van der Waals surface area (Å²) in [7, 11) is 0. The van der Waals surface area contributed by atoms with E-state index >= 15 is 0 Å². The van der Waals surface area contributed by atoms with Gasteiger partial charge in [-0.25, -0.2) is 0 Å². The summed E-state index contributed by atoms with van der Waals surface area (Å²) in [4.78, 5) is 0. The maximum atomic E-state index is 13.2.